The molecule has 3 nitrogen and oxygen atoms in total. The van der Waals surface area contributed by atoms with Gasteiger partial charge < -0.3 is 5.11 Å². The Morgan fingerprint density at radius 3 is 2.70 bits per heavy atom. The number of carboxylic acid groups (broad SMARTS) is 1. The third-order valence-corrected chi connectivity index (χ3v) is 4.19. The molecule has 0 spiro atoms. The van der Waals surface area contributed by atoms with Crippen molar-refractivity contribution < 1.29 is 18.7 Å². The standard InChI is InChI=1S/C15H19F2NO2/c1-9-7-11(15(19)20)5-6-18(9)10(2)13-4-3-12(16)8-14(13)17/h3-4,8-11H,5-7H2,1-2H3,(H,19,20). The molecule has 1 aromatic rings. The second-order valence-electron chi connectivity index (χ2n) is 5.49. The molecule has 0 saturated carbocycles. The van der Waals surface area contributed by atoms with Gasteiger partial charge in [-0.05, 0) is 39.3 Å². The summed E-state index contributed by atoms with van der Waals surface area (Å²) < 4.78 is 26.8. The summed E-state index contributed by atoms with van der Waals surface area (Å²) in [6.07, 6.45) is 1.12. The van der Waals surface area contributed by atoms with Crippen LogP contribution in [0.2, 0.25) is 0 Å². The number of aliphatic carboxylic acids is 1. The molecule has 0 radical (unpaired) electrons. The third kappa shape index (κ3) is 2.98. The number of piperidine rings is 1. The topological polar surface area (TPSA) is 40.5 Å². The molecule has 3 atom stereocenters. The van der Waals surface area contributed by atoms with E-state index in [1.165, 1.54) is 12.1 Å². The fourth-order valence-electron chi connectivity index (χ4n) is 3.01. The molecule has 0 aliphatic carbocycles. The van der Waals surface area contributed by atoms with Crippen LogP contribution >= 0.6 is 0 Å². The first-order valence-electron chi connectivity index (χ1n) is 6.83. The van der Waals surface area contributed by atoms with Crippen molar-refractivity contribution in [2.75, 3.05) is 6.54 Å². The van der Waals surface area contributed by atoms with Crippen LogP contribution in [0.25, 0.3) is 0 Å². The molecule has 0 amide bonds. The van der Waals surface area contributed by atoms with Gasteiger partial charge in [0.25, 0.3) is 0 Å². The third-order valence-electron chi connectivity index (χ3n) is 4.19. The number of hydrogen-bond donors (Lipinski definition) is 1. The van der Waals surface area contributed by atoms with Gasteiger partial charge in [-0.15, -0.1) is 0 Å². The largest absolute Gasteiger partial charge is 0.481 e. The van der Waals surface area contributed by atoms with E-state index >= 15 is 0 Å². The smallest absolute Gasteiger partial charge is 0.306 e. The number of nitrogens with zero attached hydrogens (tertiary/aromatic N) is 1. The van der Waals surface area contributed by atoms with E-state index in [2.05, 4.69) is 4.90 Å². The molecule has 1 fully saturated rings. The zero-order chi connectivity index (χ0) is 14.9. The average molecular weight is 283 g/mol. The van der Waals surface area contributed by atoms with E-state index in [0.717, 1.165) is 6.07 Å². The fraction of sp³-hybridized carbons (Fsp3) is 0.533. The molecule has 1 saturated heterocycles. The zero-order valence-electron chi connectivity index (χ0n) is 11.6. The minimum atomic E-state index is -0.767. The number of halogens is 2. The molecular formula is C15H19F2NO2. The van der Waals surface area contributed by atoms with Crippen LogP contribution in [0.15, 0.2) is 18.2 Å². The Hall–Kier alpha value is -1.49. The van der Waals surface area contributed by atoms with Crippen LogP contribution in [0.4, 0.5) is 8.78 Å². The number of benzene rings is 1. The Kier molecular flexibility index (Phi) is 4.38. The Balaban J connectivity index is 2.13. The van der Waals surface area contributed by atoms with Crippen molar-refractivity contribution in [3.05, 3.63) is 35.4 Å². The lowest BCUT2D eigenvalue weighted by molar-refractivity contribution is -0.144. The maximum atomic E-state index is 13.8. The first-order valence-corrected chi connectivity index (χ1v) is 6.83. The predicted molar refractivity (Wildman–Crippen MR) is 71.3 cm³/mol. The van der Waals surface area contributed by atoms with Crippen LogP contribution in [0.5, 0.6) is 0 Å². The van der Waals surface area contributed by atoms with E-state index in [1.54, 1.807) is 0 Å². The van der Waals surface area contributed by atoms with Crippen molar-refractivity contribution in [2.45, 2.75) is 38.8 Å². The average Bonchev–Trinajstić information content (AvgIpc) is 2.37. The Morgan fingerprint density at radius 2 is 2.15 bits per heavy atom. The number of carbonyl (C=O) groups is 1. The lowest BCUT2D eigenvalue weighted by atomic mass is 9.89. The molecule has 1 aliphatic rings. The predicted octanol–water partition coefficient (Wildman–Crippen LogP) is 3.21. The van der Waals surface area contributed by atoms with E-state index in [1.807, 2.05) is 13.8 Å². The summed E-state index contributed by atoms with van der Waals surface area (Å²) in [6, 6.07) is 3.47. The van der Waals surface area contributed by atoms with Gasteiger partial charge in [0.15, 0.2) is 0 Å². The zero-order valence-corrected chi connectivity index (χ0v) is 11.6. The minimum absolute atomic E-state index is 0.0595. The van der Waals surface area contributed by atoms with Crippen LogP contribution in [0.1, 0.15) is 38.3 Å². The van der Waals surface area contributed by atoms with Gasteiger partial charge in [-0.3, -0.25) is 9.69 Å². The number of likely N-dealkylation sites (tertiary alicyclic amines) is 1. The van der Waals surface area contributed by atoms with E-state index in [0.29, 0.717) is 24.9 Å². The highest BCUT2D eigenvalue weighted by Gasteiger charge is 2.33. The molecule has 1 aromatic carbocycles. The molecule has 3 unspecified atom stereocenters. The summed E-state index contributed by atoms with van der Waals surface area (Å²) in [4.78, 5) is 13.1. The molecule has 5 heteroatoms. The number of hydrogen-bond acceptors (Lipinski definition) is 2. The first kappa shape index (κ1) is 14.9. The van der Waals surface area contributed by atoms with Crippen molar-refractivity contribution in [1.29, 1.82) is 0 Å². The van der Waals surface area contributed by atoms with Crippen LogP contribution in [0, 0.1) is 17.6 Å². The van der Waals surface area contributed by atoms with Crippen molar-refractivity contribution in [3.63, 3.8) is 0 Å². The highest BCUT2D eigenvalue weighted by Crippen LogP contribution is 2.32. The summed E-state index contributed by atoms with van der Waals surface area (Å²) >= 11 is 0. The summed E-state index contributed by atoms with van der Waals surface area (Å²) in [6.45, 7) is 4.43. The van der Waals surface area contributed by atoms with E-state index in [-0.39, 0.29) is 18.0 Å². The number of rotatable bonds is 3. The quantitative estimate of drug-likeness (QED) is 0.926. The van der Waals surface area contributed by atoms with Gasteiger partial charge in [-0.25, -0.2) is 8.78 Å². The van der Waals surface area contributed by atoms with Gasteiger partial charge in [0.1, 0.15) is 11.6 Å². The molecule has 20 heavy (non-hydrogen) atoms. The lowest BCUT2D eigenvalue weighted by Crippen LogP contribution is -2.44. The molecule has 2 rings (SSSR count). The molecule has 1 heterocycles. The van der Waals surface area contributed by atoms with Gasteiger partial charge in [-0.2, -0.15) is 0 Å². The second kappa shape index (κ2) is 5.87. The van der Waals surface area contributed by atoms with Crippen LogP contribution in [0.3, 0.4) is 0 Å². The van der Waals surface area contributed by atoms with Crippen molar-refractivity contribution >= 4 is 5.97 Å². The van der Waals surface area contributed by atoms with E-state index in [4.69, 9.17) is 5.11 Å². The van der Waals surface area contributed by atoms with Gasteiger partial charge >= 0.3 is 5.97 Å². The minimum Gasteiger partial charge on any atom is -0.481 e. The van der Waals surface area contributed by atoms with Gasteiger partial charge in [0, 0.05) is 23.7 Å². The Morgan fingerprint density at radius 1 is 1.45 bits per heavy atom. The normalized spacial score (nSPS) is 25.4. The van der Waals surface area contributed by atoms with Crippen LogP contribution < -0.4 is 0 Å². The summed E-state index contributed by atoms with van der Waals surface area (Å²) in [5, 5.41) is 9.05. The van der Waals surface area contributed by atoms with Crippen molar-refractivity contribution in [2.24, 2.45) is 5.92 Å². The van der Waals surface area contributed by atoms with Crippen LogP contribution in [-0.4, -0.2) is 28.6 Å². The highest BCUT2D eigenvalue weighted by molar-refractivity contribution is 5.70. The van der Waals surface area contributed by atoms with E-state index < -0.39 is 17.6 Å². The molecule has 1 aliphatic heterocycles. The number of carboxylic acids is 1. The van der Waals surface area contributed by atoms with Gasteiger partial charge in [0.05, 0.1) is 5.92 Å². The SMILES string of the molecule is CC1CC(C(=O)O)CCN1C(C)c1ccc(F)cc1F. The van der Waals surface area contributed by atoms with E-state index in [9.17, 15) is 13.6 Å². The maximum absolute atomic E-state index is 13.8. The molecule has 0 bridgehead atoms. The summed E-state index contributed by atoms with van der Waals surface area (Å²) in [5.74, 6) is -2.23. The monoisotopic (exact) mass is 283 g/mol. The maximum Gasteiger partial charge on any atom is 0.306 e. The molecule has 0 aromatic heterocycles. The first-order chi connectivity index (χ1) is 9.40. The highest BCUT2D eigenvalue weighted by atomic mass is 19.1. The van der Waals surface area contributed by atoms with Crippen LogP contribution in [-0.2, 0) is 4.79 Å². The fourth-order valence-corrected chi connectivity index (χ4v) is 3.01. The Labute approximate surface area is 117 Å². The Bertz CT molecular complexity index is 507. The molecule has 110 valence electrons. The molecular weight excluding hydrogens is 264 g/mol. The van der Waals surface area contributed by atoms with Crippen molar-refractivity contribution in [3.8, 4) is 0 Å². The molecule has 1 N–H and O–H groups in total. The van der Waals surface area contributed by atoms with Crippen molar-refractivity contribution in [1.82, 2.24) is 4.90 Å². The summed E-state index contributed by atoms with van der Waals surface area (Å²) in [5.41, 5.74) is 0.451. The second-order valence-corrected chi connectivity index (χ2v) is 5.49. The lowest BCUT2D eigenvalue weighted by Gasteiger charge is -2.40. The van der Waals surface area contributed by atoms with Gasteiger partial charge in [-0.1, -0.05) is 6.07 Å². The summed E-state index contributed by atoms with van der Waals surface area (Å²) in [7, 11) is 0. The van der Waals surface area contributed by atoms with Gasteiger partial charge in [0.2, 0.25) is 0 Å².